The van der Waals surface area contributed by atoms with Crippen LogP contribution in [0, 0.1) is 6.92 Å². The number of thiazole rings is 1. The normalized spacial score (nSPS) is 10.2. The molecule has 5 nitrogen and oxygen atoms in total. The second kappa shape index (κ2) is 6.44. The molecule has 0 spiro atoms. The summed E-state index contributed by atoms with van der Waals surface area (Å²) < 4.78 is 0. The van der Waals surface area contributed by atoms with Crippen LogP contribution in [-0.2, 0) is 6.54 Å². The van der Waals surface area contributed by atoms with Gasteiger partial charge in [0.1, 0.15) is 0 Å². The number of aromatic nitrogens is 1. The van der Waals surface area contributed by atoms with Crippen molar-refractivity contribution in [3.8, 4) is 0 Å². The predicted molar refractivity (Wildman–Crippen MR) is 65.6 cm³/mol. The molecular formula is C10H18N4OS. The van der Waals surface area contributed by atoms with Crippen LogP contribution in [0.1, 0.15) is 10.6 Å². The van der Waals surface area contributed by atoms with Gasteiger partial charge in [-0.25, -0.2) is 9.78 Å². The van der Waals surface area contributed by atoms with Crippen LogP contribution in [-0.4, -0.2) is 43.1 Å². The molecule has 16 heavy (non-hydrogen) atoms. The molecule has 2 amide bonds. The van der Waals surface area contributed by atoms with Crippen LogP contribution >= 0.6 is 11.3 Å². The van der Waals surface area contributed by atoms with Crippen LogP contribution < -0.4 is 10.6 Å². The van der Waals surface area contributed by atoms with Crippen molar-refractivity contribution in [2.45, 2.75) is 13.5 Å². The fourth-order valence-corrected chi connectivity index (χ4v) is 1.86. The van der Waals surface area contributed by atoms with Gasteiger partial charge in [-0.15, -0.1) is 11.3 Å². The molecule has 1 aromatic rings. The van der Waals surface area contributed by atoms with Crippen LogP contribution in [0.3, 0.4) is 0 Å². The van der Waals surface area contributed by atoms with Crippen LogP contribution in [0.2, 0.25) is 0 Å². The van der Waals surface area contributed by atoms with Gasteiger partial charge >= 0.3 is 6.03 Å². The first kappa shape index (κ1) is 12.9. The molecule has 2 N–H and O–H groups in total. The van der Waals surface area contributed by atoms with E-state index in [9.17, 15) is 4.79 Å². The molecule has 0 bridgehead atoms. The minimum Gasteiger partial charge on any atom is -0.337 e. The summed E-state index contributed by atoms with van der Waals surface area (Å²) in [5.74, 6) is 0. The Kier molecular flexibility index (Phi) is 5.21. The van der Waals surface area contributed by atoms with E-state index in [2.05, 4.69) is 15.6 Å². The lowest BCUT2D eigenvalue weighted by molar-refractivity contribution is 0.217. The van der Waals surface area contributed by atoms with E-state index in [-0.39, 0.29) is 6.03 Å². The molecular weight excluding hydrogens is 224 g/mol. The van der Waals surface area contributed by atoms with Crippen molar-refractivity contribution >= 4 is 17.4 Å². The zero-order chi connectivity index (χ0) is 12.0. The molecule has 1 heterocycles. The van der Waals surface area contributed by atoms with E-state index in [1.165, 1.54) is 9.78 Å². The van der Waals surface area contributed by atoms with Gasteiger partial charge in [0.2, 0.25) is 0 Å². The minimum absolute atomic E-state index is 0.0595. The Hall–Kier alpha value is -1.14. The number of amides is 2. The second-order valence-corrected chi connectivity index (χ2v) is 4.60. The van der Waals surface area contributed by atoms with E-state index < -0.39 is 0 Å². The highest BCUT2D eigenvalue weighted by Crippen LogP contribution is 2.10. The number of nitrogens with one attached hydrogen (secondary N) is 2. The van der Waals surface area contributed by atoms with Crippen molar-refractivity contribution in [3.05, 3.63) is 16.1 Å². The number of hydrogen-bond acceptors (Lipinski definition) is 4. The van der Waals surface area contributed by atoms with Gasteiger partial charge in [-0.05, 0) is 6.92 Å². The summed E-state index contributed by atoms with van der Waals surface area (Å²) in [4.78, 5) is 18.1. The van der Waals surface area contributed by atoms with Crippen LogP contribution in [0.25, 0.3) is 0 Å². The summed E-state index contributed by atoms with van der Waals surface area (Å²) in [6.45, 7) is 4.21. The lowest BCUT2D eigenvalue weighted by Crippen LogP contribution is -2.38. The topological polar surface area (TPSA) is 57.3 Å². The average Bonchev–Trinajstić information content (AvgIpc) is 2.63. The molecule has 1 aromatic heterocycles. The number of rotatable bonds is 5. The lowest BCUT2D eigenvalue weighted by atomic mass is 10.4. The van der Waals surface area contributed by atoms with Gasteiger partial charge in [0.05, 0.1) is 11.2 Å². The maximum absolute atomic E-state index is 11.2. The third-order valence-electron chi connectivity index (χ3n) is 2.11. The van der Waals surface area contributed by atoms with Crippen molar-refractivity contribution in [3.63, 3.8) is 0 Å². The Morgan fingerprint density at radius 3 is 2.81 bits per heavy atom. The molecule has 0 radical (unpaired) electrons. The van der Waals surface area contributed by atoms with E-state index in [1.54, 1.807) is 25.4 Å². The zero-order valence-electron chi connectivity index (χ0n) is 9.91. The maximum atomic E-state index is 11.2. The predicted octanol–water partition coefficient (Wildman–Crippen LogP) is 0.812. The van der Waals surface area contributed by atoms with E-state index in [0.717, 1.165) is 18.8 Å². The van der Waals surface area contributed by atoms with Gasteiger partial charge < -0.3 is 15.5 Å². The van der Waals surface area contributed by atoms with Gasteiger partial charge in [0, 0.05) is 38.6 Å². The number of hydrogen-bond donors (Lipinski definition) is 2. The van der Waals surface area contributed by atoms with Gasteiger partial charge in [-0.1, -0.05) is 0 Å². The summed E-state index contributed by atoms with van der Waals surface area (Å²) in [5.41, 5.74) is 2.93. The monoisotopic (exact) mass is 242 g/mol. The highest BCUT2D eigenvalue weighted by Gasteiger charge is 2.02. The van der Waals surface area contributed by atoms with Gasteiger partial charge in [-0.3, -0.25) is 0 Å². The van der Waals surface area contributed by atoms with Crippen LogP contribution in [0.5, 0.6) is 0 Å². The maximum Gasteiger partial charge on any atom is 0.316 e. The molecule has 90 valence electrons. The van der Waals surface area contributed by atoms with Crippen molar-refractivity contribution in [1.29, 1.82) is 0 Å². The first-order chi connectivity index (χ1) is 7.61. The highest BCUT2D eigenvalue weighted by atomic mass is 32.1. The van der Waals surface area contributed by atoms with Crippen molar-refractivity contribution in [1.82, 2.24) is 20.5 Å². The molecule has 0 saturated heterocycles. The van der Waals surface area contributed by atoms with Crippen LogP contribution in [0.4, 0.5) is 4.79 Å². The third-order valence-corrected chi connectivity index (χ3v) is 3.05. The standard InChI is InChI=1S/C10H18N4OS/c1-8-9(16-7-13-8)6-11-4-5-12-10(15)14(2)3/h7,11H,4-6H2,1-3H3,(H,12,15). The molecule has 0 atom stereocenters. The SMILES string of the molecule is Cc1ncsc1CNCCNC(=O)N(C)C. The molecule has 0 aliphatic rings. The summed E-state index contributed by atoms with van der Waals surface area (Å²) in [5, 5.41) is 6.05. The number of carbonyl (C=O) groups is 1. The van der Waals surface area contributed by atoms with E-state index in [0.29, 0.717) is 6.54 Å². The molecule has 0 aromatic carbocycles. The van der Waals surface area contributed by atoms with E-state index in [1.807, 2.05) is 12.4 Å². The minimum atomic E-state index is -0.0595. The highest BCUT2D eigenvalue weighted by molar-refractivity contribution is 7.09. The number of carbonyl (C=O) groups excluding carboxylic acids is 1. The average molecular weight is 242 g/mol. The molecule has 0 aliphatic carbocycles. The molecule has 1 rings (SSSR count). The number of nitrogens with zero attached hydrogens (tertiary/aromatic N) is 2. The lowest BCUT2D eigenvalue weighted by Gasteiger charge is -2.11. The quantitative estimate of drug-likeness (QED) is 0.751. The number of urea groups is 1. The van der Waals surface area contributed by atoms with Crippen molar-refractivity contribution < 1.29 is 4.79 Å². The molecule has 0 aliphatic heterocycles. The summed E-state index contributed by atoms with van der Waals surface area (Å²) in [6, 6.07) is -0.0595. The zero-order valence-corrected chi connectivity index (χ0v) is 10.7. The summed E-state index contributed by atoms with van der Waals surface area (Å²) in [7, 11) is 3.45. The Bertz CT molecular complexity index is 337. The molecule has 0 saturated carbocycles. The third kappa shape index (κ3) is 4.16. The smallest absolute Gasteiger partial charge is 0.316 e. The number of aryl methyl sites for hydroxylation is 1. The second-order valence-electron chi connectivity index (χ2n) is 3.66. The van der Waals surface area contributed by atoms with Gasteiger partial charge in [-0.2, -0.15) is 0 Å². The van der Waals surface area contributed by atoms with Crippen LogP contribution in [0.15, 0.2) is 5.51 Å². The first-order valence-corrected chi connectivity index (χ1v) is 6.04. The fourth-order valence-electron chi connectivity index (χ4n) is 1.11. The fraction of sp³-hybridized carbons (Fsp3) is 0.600. The van der Waals surface area contributed by atoms with E-state index in [4.69, 9.17) is 0 Å². The first-order valence-electron chi connectivity index (χ1n) is 5.16. The Morgan fingerprint density at radius 2 is 2.25 bits per heavy atom. The van der Waals surface area contributed by atoms with Gasteiger partial charge in [0.15, 0.2) is 0 Å². The molecule has 6 heteroatoms. The molecule has 0 unspecified atom stereocenters. The largest absolute Gasteiger partial charge is 0.337 e. The summed E-state index contributed by atoms with van der Waals surface area (Å²) in [6.07, 6.45) is 0. The van der Waals surface area contributed by atoms with Gasteiger partial charge in [0.25, 0.3) is 0 Å². The van der Waals surface area contributed by atoms with Crippen molar-refractivity contribution in [2.24, 2.45) is 0 Å². The van der Waals surface area contributed by atoms with E-state index >= 15 is 0 Å². The Labute approximate surface area is 99.9 Å². The Morgan fingerprint density at radius 1 is 1.50 bits per heavy atom. The molecule has 0 fully saturated rings. The van der Waals surface area contributed by atoms with Crippen molar-refractivity contribution in [2.75, 3.05) is 27.2 Å². The Balaban J connectivity index is 2.09. The summed E-state index contributed by atoms with van der Waals surface area (Å²) >= 11 is 1.65.